The maximum Gasteiger partial charge on any atom is 0.191 e. The number of aliphatic imine (C=N–C) groups is 1. The molecule has 108 valence electrons. The fourth-order valence-corrected chi connectivity index (χ4v) is 2.54. The highest BCUT2D eigenvalue weighted by Gasteiger charge is 2.44. The van der Waals surface area contributed by atoms with E-state index in [9.17, 15) is 0 Å². The maximum atomic E-state index is 4.85. The first-order valence-electron chi connectivity index (χ1n) is 7.81. The number of benzene rings is 1. The van der Waals surface area contributed by atoms with Crippen LogP contribution in [-0.4, -0.2) is 24.6 Å². The zero-order valence-electron chi connectivity index (χ0n) is 12.5. The first-order valence-corrected chi connectivity index (χ1v) is 7.81. The van der Waals surface area contributed by atoms with Crippen molar-refractivity contribution in [2.45, 2.75) is 57.0 Å². The van der Waals surface area contributed by atoms with Crippen LogP contribution in [0.15, 0.2) is 35.3 Å². The first-order chi connectivity index (χ1) is 9.68. The zero-order chi connectivity index (χ0) is 14.0. The number of nitrogens with one attached hydrogen (secondary N) is 2. The van der Waals surface area contributed by atoms with E-state index in [-0.39, 0.29) is 0 Å². The van der Waals surface area contributed by atoms with E-state index < -0.39 is 0 Å². The van der Waals surface area contributed by atoms with Gasteiger partial charge in [0.05, 0.1) is 6.54 Å². The van der Waals surface area contributed by atoms with E-state index in [4.69, 9.17) is 4.99 Å². The Morgan fingerprint density at radius 2 is 1.95 bits per heavy atom. The Balaban J connectivity index is 1.67. The molecule has 2 aliphatic rings. The van der Waals surface area contributed by atoms with Gasteiger partial charge in [-0.1, -0.05) is 30.3 Å². The molecule has 0 spiro atoms. The Morgan fingerprint density at radius 1 is 1.25 bits per heavy atom. The summed E-state index contributed by atoms with van der Waals surface area (Å²) < 4.78 is 0. The second-order valence-electron chi connectivity index (χ2n) is 6.53. The molecule has 20 heavy (non-hydrogen) atoms. The molecule has 2 saturated carbocycles. The molecular weight excluding hydrogens is 246 g/mol. The van der Waals surface area contributed by atoms with Crippen LogP contribution in [0.25, 0.3) is 0 Å². The van der Waals surface area contributed by atoms with Crippen LogP contribution in [0.2, 0.25) is 0 Å². The van der Waals surface area contributed by atoms with Crippen LogP contribution in [0, 0.1) is 0 Å². The SMILES string of the molecule is CC(C)NC(=NCC1(c2ccccc2)CC1)NC1CC1. The summed E-state index contributed by atoms with van der Waals surface area (Å²) in [4.78, 5) is 4.85. The summed E-state index contributed by atoms with van der Waals surface area (Å²) in [5, 5.41) is 6.95. The van der Waals surface area contributed by atoms with Gasteiger partial charge in [0.2, 0.25) is 0 Å². The van der Waals surface area contributed by atoms with Gasteiger partial charge in [-0.05, 0) is 45.1 Å². The summed E-state index contributed by atoms with van der Waals surface area (Å²) >= 11 is 0. The molecule has 3 nitrogen and oxygen atoms in total. The molecule has 0 bridgehead atoms. The molecule has 3 rings (SSSR count). The summed E-state index contributed by atoms with van der Waals surface area (Å²) in [6.45, 7) is 5.22. The van der Waals surface area contributed by atoms with Gasteiger partial charge in [0.1, 0.15) is 0 Å². The Labute approximate surface area is 121 Å². The molecule has 1 aromatic rings. The van der Waals surface area contributed by atoms with Crippen LogP contribution in [0.4, 0.5) is 0 Å². The maximum absolute atomic E-state index is 4.85. The van der Waals surface area contributed by atoms with Crippen LogP contribution >= 0.6 is 0 Å². The quantitative estimate of drug-likeness (QED) is 0.638. The number of hydrogen-bond acceptors (Lipinski definition) is 1. The Kier molecular flexibility index (Phi) is 3.68. The standard InChI is InChI=1S/C17H25N3/c1-13(2)19-16(20-15-8-9-15)18-12-17(10-11-17)14-6-4-3-5-7-14/h3-7,13,15H,8-12H2,1-2H3,(H2,18,19,20). The van der Waals surface area contributed by atoms with E-state index in [2.05, 4.69) is 54.8 Å². The molecule has 1 aromatic carbocycles. The molecule has 0 amide bonds. The van der Waals surface area contributed by atoms with E-state index in [1.807, 2.05) is 0 Å². The van der Waals surface area contributed by atoms with Gasteiger partial charge in [0, 0.05) is 17.5 Å². The third-order valence-electron chi connectivity index (χ3n) is 4.12. The summed E-state index contributed by atoms with van der Waals surface area (Å²) in [5.74, 6) is 0.990. The normalized spacial score (nSPS) is 20.9. The van der Waals surface area contributed by atoms with Crippen molar-refractivity contribution in [2.75, 3.05) is 6.54 Å². The Hall–Kier alpha value is -1.51. The van der Waals surface area contributed by atoms with Crippen LogP contribution < -0.4 is 10.6 Å². The molecule has 2 N–H and O–H groups in total. The second-order valence-corrected chi connectivity index (χ2v) is 6.53. The van der Waals surface area contributed by atoms with Gasteiger partial charge in [0.15, 0.2) is 5.96 Å². The first kappa shape index (κ1) is 13.5. The third-order valence-corrected chi connectivity index (χ3v) is 4.12. The monoisotopic (exact) mass is 271 g/mol. The van der Waals surface area contributed by atoms with Crippen molar-refractivity contribution in [3.63, 3.8) is 0 Å². The second kappa shape index (κ2) is 5.47. The van der Waals surface area contributed by atoms with Crippen molar-refractivity contribution in [1.29, 1.82) is 0 Å². The molecule has 0 radical (unpaired) electrons. The summed E-state index contributed by atoms with van der Waals surface area (Å²) in [6.07, 6.45) is 5.09. The van der Waals surface area contributed by atoms with Crippen molar-refractivity contribution < 1.29 is 0 Å². The molecule has 0 saturated heterocycles. The van der Waals surface area contributed by atoms with Crippen molar-refractivity contribution >= 4 is 5.96 Å². The molecular formula is C17H25N3. The lowest BCUT2D eigenvalue weighted by atomic mass is 9.96. The van der Waals surface area contributed by atoms with Crippen molar-refractivity contribution in [3.05, 3.63) is 35.9 Å². The lowest BCUT2D eigenvalue weighted by Gasteiger charge is -2.17. The minimum atomic E-state index is 0.302. The molecule has 0 heterocycles. The smallest absolute Gasteiger partial charge is 0.191 e. The number of rotatable bonds is 5. The van der Waals surface area contributed by atoms with E-state index >= 15 is 0 Å². The van der Waals surface area contributed by atoms with Crippen LogP contribution in [0.3, 0.4) is 0 Å². The van der Waals surface area contributed by atoms with Crippen LogP contribution in [0.5, 0.6) is 0 Å². The highest BCUT2D eigenvalue weighted by molar-refractivity contribution is 5.80. The predicted molar refractivity (Wildman–Crippen MR) is 84.1 cm³/mol. The minimum absolute atomic E-state index is 0.302. The van der Waals surface area contributed by atoms with Crippen molar-refractivity contribution in [3.8, 4) is 0 Å². The lowest BCUT2D eigenvalue weighted by molar-refractivity contribution is 0.665. The molecule has 0 aromatic heterocycles. The van der Waals surface area contributed by atoms with Gasteiger partial charge in [-0.25, -0.2) is 0 Å². The molecule has 0 unspecified atom stereocenters. The van der Waals surface area contributed by atoms with Crippen LogP contribution in [-0.2, 0) is 5.41 Å². The largest absolute Gasteiger partial charge is 0.354 e. The van der Waals surface area contributed by atoms with Gasteiger partial charge >= 0.3 is 0 Å². The topological polar surface area (TPSA) is 36.4 Å². The van der Waals surface area contributed by atoms with Gasteiger partial charge in [0.25, 0.3) is 0 Å². The molecule has 3 heteroatoms. The number of guanidine groups is 1. The van der Waals surface area contributed by atoms with Crippen molar-refractivity contribution in [1.82, 2.24) is 10.6 Å². The summed E-state index contributed by atoms with van der Waals surface area (Å²) in [7, 11) is 0. The lowest BCUT2D eigenvalue weighted by Crippen LogP contribution is -2.42. The third kappa shape index (κ3) is 3.33. The summed E-state index contributed by atoms with van der Waals surface area (Å²) in [5.41, 5.74) is 1.75. The average Bonchev–Trinajstić information content (AvgIpc) is 3.33. The molecule has 0 aliphatic heterocycles. The highest BCUT2D eigenvalue weighted by Crippen LogP contribution is 2.48. The van der Waals surface area contributed by atoms with Gasteiger partial charge in [-0.2, -0.15) is 0 Å². The van der Waals surface area contributed by atoms with E-state index in [1.165, 1.54) is 31.2 Å². The van der Waals surface area contributed by atoms with Gasteiger partial charge in [-0.3, -0.25) is 4.99 Å². The predicted octanol–water partition coefficient (Wildman–Crippen LogP) is 2.82. The van der Waals surface area contributed by atoms with Crippen LogP contribution in [0.1, 0.15) is 45.1 Å². The Bertz CT molecular complexity index is 464. The van der Waals surface area contributed by atoms with E-state index in [0.717, 1.165) is 12.5 Å². The molecule has 2 fully saturated rings. The summed E-state index contributed by atoms with van der Waals surface area (Å²) in [6, 6.07) is 11.9. The molecule has 0 atom stereocenters. The van der Waals surface area contributed by atoms with E-state index in [1.54, 1.807) is 0 Å². The van der Waals surface area contributed by atoms with Gasteiger partial charge in [-0.15, -0.1) is 0 Å². The number of hydrogen-bond donors (Lipinski definition) is 2. The fraction of sp³-hybridized carbons (Fsp3) is 0.588. The van der Waals surface area contributed by atoms with Gasteiger partial charge < -0.3 is 10.6 Å². The highest BCUT2D eigenvalue weighted by atomic mass is 15.2. The van der Waals surface area contributed by atoms with E-state index in [0.29, 0.717) is 17.5 Å². The Morgan fingerprint density at radius 3 is 2.50 bits per heavy atom. The number of nitrogens with zero attached hydrogens (tertiary/aromatic N) is 1. The minimum Gasteiger partial charge on any atom is -0.354 e. The van der Waals surface area contributed by atoms with Crippen molar-refractivity contribution in [2.24, 2.45) is 4.99 Å². The zero-order valence-corrected chi connectivity index (χ0v) is 12.5. The average molecular weight is 271 g/mol. The molecule has 2 aliphatic carbocycles. The fourth-order valence-electron chi connectivity index (χ4n) is 2.54.